The molecule has 1 amide bonds. The van der Waals surface area contributed by atoms with E-state index in [1.807, 2.05) is 13.0 Å². The average Bonchev–Trinajstić information content (AvgIpc) is 2.54. The van der Waals surface area contributed by atoms with Gasteiger partial charge >= 0.3 is 0 Å². The van der Waals surface area contributed by atoms with Crippen molar-refractivity contribution in [2.24, 2.45) is 0 Å². The molecule has 0 heterocycles. The van der Waals surface area contributed by atoms with E-state index >= 15 is 0 Å². The van der Waals surface area contributed by atoms with E-state index in [0.29, 0.717) is 17.3 Å². The smallest absolute Gasteiger partial charge is 0.257 e. The zero-order valence-electron chi connectivity index (χ0n) is 13.6. The van der Waals surface area contributed by atoms with Crippen LogP contribution in [0.4, 0.5) is 0 Å². The molecule has 0 aromatic heterocycles. The number of benzene rings is 2. The Bertz CT molecular complexity index is 653. The van der Waals surface area contributed by atoms with Gasteiger partial charge in [-0.05, 0) is 56.0 Å². The van der Waals surface area contributed by atoms with Crippen LogP contribution in [-0.4, -0.2) is 19.1 Å². The number of amides is 1. The van der Waals surface area contributed by atoms with Crippen LogP contribution in [0.15, 0.2) is 42.5 Å². The van der Waals surface area contributed by atoms with E-state index in [4.69, 9.17) is 16.3 Å². The van der Waals surface area contributed by atoms with Crippen molar-refractivity contribution in [1.29, 1.82) is 0 Å². The highest BCUT2D eigenvalue weighted by molar-refractivity contribution is 6.31. The number of aryl methyl sites for hydroxylation is 3. The second kappa shape index (κ2) is 8.59. The third-order valence-electron chi connectivity index (χ3n) is 3.58. The first kappa shape index (κ1) is 17.4. The maximum Gasteiger partial charge on any atom is 0.257 e. The van der Waals surface area contributed by atoms with Gasteiger partial charge in [0.05, 0.1) is 0 Å². The van der Waals surface area contributed by atoms with E-state index in [2.05, 4.69) is 36.5 Å². The number of rotatable bonds is 7. The summed E-state index contributed by atoms with van der Waals surface area (Å²) in [5.41, 5.74) is 3.48. The highest BCUT2D eigenvalue weighted by atomic mass is 35.5. The molecule has 0 radical (unpaired) electrons. The predicted octanol–water partition coefficient (Wildman–Crippen LogP) is 4.08. The van der Waals surface area contributed by atoms with Gasteiger partial charge in [0.15, 0.2) is 6.61 Å². The van der Waals surface area contributed by atoms with Crippen LogP contribution in [0.1, 0.15) is 23.1 Å². The van der Waals surface area contributed by atoms with Crippen molar-refractivity contribution in [2.45, 2.75) is 26.7 Å². The van der Waals surface area contributed by atoms with Gasteiger partial charge in [-0.25, -0.2) is 0 Å². The van der Waals surface area contributed by atoms with Gasteiger partial charge in [-0.1, -0.05) is 41.4 Å². The van der Waals surface area contributed by atoms with Crippen molar-refractivity contribution in [1.82, 2.24) is 5.32 Å². The molecule has 0 spiro atoms. The molecule has 0 aliphatic heterocycles. The summed E-state index contributed by atoms with van der Waals surface area (Å²) in [5.74, 6) is 0.545. The van der Waals surface area contributed by atoms with E-state index in [9.17, 15) is 4.79 Å². The lowest BCUT2D eigenvalue weighted by atomic mass is 10.1. The first-order valence-electron chi connectivity index (χ1n) is 7.76. The molecule has 2 rings (SSSR count). The minimum Gasteiger partial charge on any atom is -0.484 e. The molecular weight excluding hydrogens is 310 g/mol. The first-order valence-corrected chi connectivity index (χ1v) is 8.13. The number of hydrogen-bond donors (Lipinski definition) is 1. The van der Waals surface area contributed by atoms with E-state index in [-0.39, 0.29) is 12.5 Å². The fourth-order valence-electron chi connectivity index (χ4n) is 2.18. The zero-order chi connectivity index (χ0) is 16.7. The highest BCUT2D eigenvalue weighted by Gasteiger charge is 2.04. The van der Waals surface area contributed by atoms with Crippen molar-refractivity contribution in [3.63, 3.8) is 0 Å². The summed E-state index contributed by atoms with van der Waals surface area (Å²) in [6.07, 6.45) is 1.87. The summed E-state index contributed by atoms with van der Waals surface area (Å²) >= 11 is 5.95. The molecule has 0 unspecified atom stereocenters. The lowest BCUT2D eigenvalue weighted by Crippen LogP contribution is -2.29. The molecule has 0 atom stereocenters. The second-order valence-electron chi connectivity index (χ2n) is 5.64. The zero-order valence-corrected chi connectivity index (χ0v) is 14.3. The highest BCUT2D eigenvalue weighted by Crippen LogP contribution is 2.20. The van der Waals surface area contributed by atoms with Crippen molar-refractivity contribution >= 4 is 17.5 Å². The molecule has 2 aromatic carbocycles. The van der Waals surface area contributed by atoms with Crippen LogP contribution >= 0.6 is 11.6 Å². The topological polar surface area (TPSA) is 38.3 Å². The molecule has 4 heteroatoms. The van der Waals surface area contributed by atoms with Crippen LogP contribution in [0.3, 0.4) is 0 Å². The Balaban J connectivity index is 1.65. The van der Waals surface area contributed by atoms with Crippen LogP contribution in [0, 0.1) is 13.8 Å². The molecule has 2 aromatic rings. The van der Waals surface area contributed by atoms with E-state index in [0.717, 1.165) is 18.4 Å². The molecule has 1 N–H and O–H groups in total. The summed E-state index contributed by atoms with van der Waals surface area (Å²) in [6, 6.07) is 13.8. The molecule has 122 valence electrons. The predicted molar refractivity (Wildman–Crippen MR) is 94.2 cm³/mol. The van der Waals surface area contributed by atoms with Crippen LogP contribution in [0.25, 0.3) is 0 Å². The first-order chi connectivity index (χ1) is 11.0. The van der Waals surface area contributed by atoms with Crippen molar-refractivity contribution < 1.29 is 9.53 Å². The van der Waals surface area contributed by atoms with Crippen LogP contribution < -0.4 is 10.1 Å². The van der Waals surface area contributed by atoms with Crippen molar-refractivity contribution in [3.8, 4) is 5.75 Å². The number of ether oxygens (including phenoxy) is 1. The van der Waals surface area contributed by atoms with E-state index in [1.165, 1.54) is 11.1 Å². The van der Waals surface area contributed by atoms with Gasteiger partial charge in [-0.3, -0.25) is 4.79 Å². The molecule has 0 aliphatic rings. The second-order valence-corrected chi connectivity index (χ2v) is 6.05. The average molecular weight is 332 g/mol. The Morgan fingerprint density at radius 2 is 1.87 bits per heavy atom. The molecule has 3 nitrogen and oxygen atoms in total. The van der Waals surface area contributed by atoms with E-state index in [1.54, 1.807) is 12.1 Å². The third kappa shape index (κ3) is 5.95. The Morgan fingerprint density at radius 3 is 2.57 bits per heavy atom. The maximum atomic E-state index is 11.8. The minimum absolute atomic E-state index is 0.0194. The summed E-state index contributed by atoms with van der Waals surface area (Å²) in [4.78, 5) is 11.8. The Kier molecular flexibility index (Phi) is 6.48. The SMILES string of the molecule is Cc1ccc(CCCNC(=O)COc2ccc(Cl)c(C)c2)cc1. The molecule has 0 saturated carbocycles. The Morgan fingerprint density at radius 1 is 1.13 bits per heavy atom. The molecule has 0 bridgehead atoms. The van der Waals surface area contributed by atoms with Gasteiger partial charge < -0.3 is 10.1 Å². The molecule has 23 heavy (non-hydrogen) atoms. The molecular formula is C19H22ClNO2. The number of halogens is 1. The molecule has 0 aliphatic carbocycles. The van der Waals surface area contributed by atoms with Gasteiger partial charge in [0, 0.05) is 11.6 Å². The van der Waals surface area contributed by atoms with Gasteiger partial charge in [-0.15, -0.1) is 0 Å². The van der Waals surface area contributed by atoms with Gasteiger partial charge in [0.1, 0.15) is 5.75 Å². The van der Waals surface area contributed by atoms with Crippen LogP contribution in [-0.2, 0) is 11.2 Å². The van der Waals surface area contributed by atoms with Crippen molar-refractivity contribution in [3.05, 3.63) is 64.2 Å². The fraction of sp³-hybridized carbons (Fsp3) is 0.316. The number of nitrogens with one attached hydrogen (secondary N) is 1. The van der Waals surface area contributed by atoms with Crippen molar-refractivity contribution in [2.75, 3.05) is 13.2 Å². The number of hydrogen-bond acceptors (Lipinski definition) is 2. The quantitative estimate of drug-likeness (QED) is 0.776. The number of carbonyl (C=O) groups is 1. The number of carbonyl (C=O) groups excluding carboxylic acids is 1. The standard InChI is InChI=1S/C19H22ClNO2/c1-14-5-7-16(8-6-14)4-3-11-21-19(22)13-23-17-9-10-18(20)15(2)12-17/h5-10,12H,3-4,11,13H2,1-2H3,(H,21,22). The fourth-order valence-corrected chi connectivity index (χ4v) is 2.30. The van der Waals surface area contributed by atoms with E-state index < -0.39 is 0 Å². The monoisotopic (exact) mass is 331 g/mol. The maximum absolute atomic E-state index is 11.8. The third-order valence-corrected chi connectivity index (χ3v) is 4.01. The Hall–Kier alpha value is -2.00. The Labute approximate surface area is 142 Å². The lowest BCUT2D eigenvalue weighted by Gasteiger charge is -2.09. The summed E-state index contributed by atoms with van der Waals surface area (Å²) < 4.78 is 5.46. The summed E-state index contributed by atoms with van der Waals surface area (Å²) in [6.45, 7) is 4.65. The van der Waals surface area contributed by atoms with Crippen LogP contribution in [0.2, 0.25) is 5.02 Å². The molecule has 0 fully saturated rings. The van der Waals surface area contributed by atoms with Gasteiger partial charge in [-0.2, -0.15) is 0 Å². The summed E-state index contributed by atoms with van der Waals surface area (Å²) in [7, 11) is 0. The van der Waals surface area contributed by atoms with Crippen LogP contribution in [0.5, 0.6) is 5.75 Å². The molecule has 0 saturated heterocycles. The normalized spacial score (nSPS) is 10.4. The van der Waals surface area contributed by atoms with Gasteiger partial charge in [0.2, 0.25) is 0 Å². The largest absolute Gasteiger partial charge is 0.484 e. The van der Waals surface area contributed by atoms with Gasteiger partial charge in [0.25, 0.3) is 5.91 Å². The minimum atomic E-state index is -0.110. The lowest BCUT2D eigenvalue weighted by molar-refractivity contribution is -0.123. The summed E-state index contributed by atoms with van der Waals surface area (Å²) in [5, 5.41) is 3.56.